The zero-order valence-corrected chi connectivity index (χ0v) is 16.5. The molecule has 1 aliphatic heterocycles. The molecule has 0 atom stereocenters. The van der Waals surface area contributed by atoms with Gasteiger partial charge in [-0.15, -0.1) is 11.8 Å². The summed E-state index contributed by atoms with van der Waals surface area (Å²) in [5.74, 6) is -0.399. The molecule has 0 spiro atoms. The Balaban J connectivity index is 1.74. The molecular formula is C19H26N2O5S. The van der Waals surface area contributed by atoms with E-state index in [1.807, 2.05) is 31.2 Å². The summed E-state index contributed by atoms with van der Waals surface area (Å²) in [6.07, 6.45) is 0.929. The molecule has 27 heavy (non-hydrogen) atoms. The number of likely N-dealkylation sites (N-methyl/N-ethyl adjacent to an activating group) is 1. The third kappa shape index (κ3) is 6.46. The first kappa shape index (κ1) is 21.1. The van der Waals surface area contributed by atoms with Crippen LogP contribution in [0.4, 0.5) is 0 Å². The lowest BCUT2D eigenvalue weighted by Crippen LogP contribution is -2.45. The number of benzene rings is 1. The number of aliphatic carboxylic acids is 1. The lowest BCUT2D eigenvalue weighted by atomic mass is 9.97. The first-order valence-electron chi connectivity index (χ1n) is 9.01. The molecule has 0 radical (unpaired) electrons. The predicted octanol–water partition coefficient (Wildman–Crippen LogP) is 1.96. The molecule has 8 heteroatoms. The predicted molar refractivity (Wildman–Crippen MR) is 103 cm³/mol. The van der Waals surface area contributed by atoms with Gasteiger partial charge in [-0.1, -0.05) is 0 Å². The van der Waals surface area contributed by atoms with E-state index in [4.69, 9.17) is 9.84 Å². The second-order valence-electron chi connectivity index (χ2n) is 6.44. The van der Waals surface area contributed by atoms with Gasteiger partial charge in [0.15, 0.2) is 0 Å². The Labute approximate surface area is 163 Å². The topological polar surface area (TPSA) is 87.2 Å². The van der Waals surface area contributed by atoms with Gasteiger partial charge in [-0.25, -0.2) is 0 Å². The highest BCUT2D eigenvalue weighted by Crippen LogP contribution is 2.22. The number of hydrogen-bond donors (Lipinski definition) is 1. The number of carboxylic acid groups (broad SMARTS) is 1. The van der Waals surface area contributed by atoms with Gasteiger partial charge in [0.1, 0.15) is 5.75 Å². The van der Waals surface area contributed by atoms with Gasteiger partial charge in [-0.05, 0) is 44.0 Å². The Hall–Kier alpha value is -2.22. The highest BCUT2D eigenvalue weighted by atomic mass is 32.2. The van der Waals surface area contributed by atoms with Gasteiger partial charge >= 0.3 is 5.97 Å². The number of hydrogen-bond acceptors (Lipinski definition) is 5. The Kier molecular flexibility index (Phi) is 7.97. The van der Waals surface area contributed by atoms with Gasteiger partial charge in [0.25, 0.3) is 0 Å². The molecule has 0 saturated carbocycles. The van der Waals surface area contributed by atoms with Crippen molar-refractivity contribution < 1.29 is 24.2 Å². The fourth-order valence-corrected chi connectivity index (χ4v) is 3.66. The summed E-state index contributed by atoms with van der Waals surface area (Å²) in [5, 5.41) is 9.01. The minimum absolute atomic E-state index is 0.0143. The van der Waals surface area contributed by atoms with Crippen LogP contribution < -0.4 is 4.74 Å². The van der Waals surface area contributed by atoms with E-state index >= 15 is 0 Å². The van der Waals surface area contributed by atoms with E-state index in [1.54, 1.807) is 11.9 Å². The molecule has 7 nitrogen and oxygen atoms in total. The zero-order valence-electron chi connectivity index (χ0n) is 15.7. The van der Waals surface area contributed by atoms with Gasteiger partial charge < -0.3 is 19.6 Å². The van der Waals surface area contributed by atoms with E-state index in [0.717, 1.165) is 10.6 Å². The Morgan fingerprint density at radius 1 is 1.22 bits per heavy atom. The molecule has 1 N–H and O–H groups in total. The molecule has 0 bridgehead atoms. The van der Waals surface area contributed by atoms with Crippen molar-refractivity contribution in [3.8, 4) is 5.75 Å². The summed E-state index contributed by atoms with van der Waals surface area (Å²) >= 11 is 1.41. The van der Waals surface area contributed by atoms with Crippen LogP contribution in [-0.4, -0.2) is 71.7 Å². The first-order valence-corrected chi connectivity index (χ1v) is 9.99. The smallest absolute Gasteiger partial charge is 0.306 e. The number of thioether (sulfide) groups is 1. The Morgan fingerprint density at radius 2 is 1.85 bits per heavy atom. The van der Waals surface area contributed by atoms with Crippen molar-refractivity contribution in [3.05, 3.63) is 24.3 Å². The van der Waals surface area contributed by atoms with E-state index in [-0.39, 0.29) is 30.0 Å². The summed E-state index contributed by atoms with van der Waals surface area (Å²) in [6, 6.07) is 7.54. The molecule has 2 amide bonds. The summed E-state index contributed by atoms with van der Waals surface area (Å²) in [7, 11) is 1.61. The molecule has 1 heterocycles. The van der Waals surface area contributed by atoms with E-state index in [9.17, 15) is 14.4 Å². The van der Waals surface area contributed by atoms with Crippen molar-refractivity contribution >= 4 is 29.5 Å². The van der Waals surface area contributed by atoms with Crippen LogP contribution in [0, 0.1) is 5.92 Å². The quantitative estimate of drug-likeness (QED) is 0.678. The molecule has 0 aliphatic carbocycles. The van der Waals surface area contributed by atoms with Crippen molar-refractivity contribution in [2.45, 2.75) is 24.7 Å². The summed E-state index contributed by atoms with van der Waals surface area (Å²) in [6.45, 7) is 3.41. The molecule has 2 rings (SSSR count). The maximum absolute atomic E-state index is 12.3. The fourth-order valence-electron chi connectivity index (χ4n) is 2.82. The lowest BCUT2D eigenvalue weighted by Gasteiger charge is -2.31. The number of piperidine rings is 1. The van der Waals surface area contributed by atoms with Crippen molar-refractivity contribution in [2.75, 3.05) is 39.0 Å². The second-order valence-corrected chi connectivity index (χ2v) is 7.48. The van der Waals surface area contributed by atoms with Crippen molar-refractivity contribution in [1.29, 1.82) is 0 Å². The van der Waals surface area contributed by atoms with Crippen LogP contribution in [0.2, 0.25) is 0 Å². The largest absolute Gasteiger partial charge is 0.494 e. The van der Waals surface area contributed by atoms with Crippen LogP contribution in [-0.2, 0) is 14.4 Å². The maximum Gasteiger partial charge on any atom is 0.306 e. The molecular weight excluding hydrogens is 368 g/mol. The molecule has 1 aromatic carbocycles. The van der Waals surface area contributed by atoms with Gasteiger partial charge in [-0.3, -0.25) is 14.4 Å². The number of carbonyl (C=O) groups excluding carboxylic acids is 2. The van der Waals surface area contributed by atoms with E-state index < -0.39 is 5.97 Å². The van der Waals surface area contributed by atoms with Gasteiger partial charge in [0.2, 0.25) is 11.8 Å². The standard InChI is InChI=1S/C19H26N2O5S/c1-3-26-15-4-6-16(7-5-15)27-13-18(23)20(2)12-17(22)21-10-8-14(9-11-21)19(24)25/h4-7,14H,3,8-13H2,1-2H3,(H,24,25). The Bertz CT molecular complexity index is 657. The third-order valence-electron chi connectivity index (χ3n) is 4.49. The monoisotopic (exact) mass is 394 g/mol. The number of rotatable bonds is 8. The van der Waals surface area contributed by atoms with E-state index in [0.29, 0.717) is 32.5 Å². The average molecular weight is 394 g/mol. The fraction of sp³-hybridized carbons (Fsp3) is 0.526. The van der Waals surface area contributed by atoms with Crippen molar-refractivity contribution in [3.63, 3.8) is 0 Å². The molecule has 1 fully saturated rings. The highest BCUT2D eigenvalue weighted by molar-refractivity contribution is 8.00. The van der Waals surface area contributed by atoms with E-state index in [2.05, 4.69) is 0 Å². The number of amides is 2. The summed E-state index contributed by atoms with van der Waals surface area (Å²) in [5.41, 5.74) is 0. The Morgan fingerprint density at radius 3 is 2.41 bits per heavy atom. The van der Waals surface area contributed by atoms with Crippen LogP contribution >= 0.6 is 11.8 Å². The highest BCUT2D eigenvalue weighted by Gasteiger charge is 2.27. The number of carbonyl (C=O) groups is 3. The van der Waals surface area contributed by atoms with Crippen LogP contribution in [0.15, 0.2) is 29.2 Å². The van der Waals surface area contributed by atoms with Gasteiger partial charge in [0, 0.05) is 25.0 Å². The van der Waals surface area contributed by atoms with Crippen LogP contribution in [0.25, 0.3) is 0 Å². The number of nitrogens with zero attached hydrogens (tertiary/aromatic N) is 2. The molecule has 1 aromatic rings. The lowest BCUT2D eigenvalue weighted by molar-refractivity contribution is -0.146. The van der Waals surface area contributed by atoms with Crippen LogP contribution in [0.1, 0.15) is 19.8 Å². The van der Waals surface area contributed by atoms with Crippen LogP contribution in [0.3, 0.4) is 0 Å². The van der Waals surface area contributed by atoms with Gasteiger partial charge in [-0.2, -0.15) is 0 Å². The van der Waals surface area contributed by atoms with E-state index in [1.165, 1.54) is 16.7 Å². The maximum atomic E-state index is 12.3. The molecule has 148 valence electrons. The first-order chi connectivity index (χ1) is 12.9. The third-order valence-corrected chi connectivity index (χ3v) is 5.49. The number of carboxylic acids is 1. The molecule has 0 aromatic heterocycles. The zero-order chi connectivity index (χ0) is 19.8. The average Bonchev–Trinajstić information content (AvgIpc) is 2.67. The second kappa shape index (κ2) is 10.2. The minimum atomic E-state index is -0.805. The van der Waals surface area contributed by atoms with Gasteiger partial charge in [0.05, 0.1) is 24.8 Å². The van der Waals surface area contributed by atoms with Crippen molar-refractivity contribution in [1.82, 2.24) is 9.80 Å². The summed E-state index contributed by atoms with van der Waals surface area (Å²) < 4.78 is 5.39. The molecule has 1 saturated heterocycles. The SMILES string of the molecule is CCOc1ccc(SCC(=O)N(C)CC(=O)N2CCC(C(=O)O)CC2)cc1. The minimum Gasteiger partial charge on any atom is -0.494 e. The van der Waals surface area contributed by atoms with Crippen molar-refractivity contribution in [2.24, 2.45) is 5.92 Å². The molecule has 0 unspecified atom stereocenters. The molecule has 1 aliphatic rings. The summed E-state index contributed by atoms with van der Waals surface area (Å²) in [4.78, 5) is 39.6. The number of likely N-dealkylation sites (tertiary alicyclic amines) is 1. The number of ether oxygens (including phenoxy) is 1. The normalized spacial score (nSPS) is 14.7. The van der Waals surface area contributed by atoms with Crippen LogP contribution in [0.5, 0.6) is 5.75 Å².